The van der Waals surface area contributed by atoms with Gasteiger partial charge in [0.15, 0.2) is 0 Å². The zero-order chi connectivity index (χ0) is 8.81. The molecule has 0 aromatic heterocycles. The Morgan fingerprint density at radius 2 is 2.00 bits per heavy atom. The van der Waals surface area contributed by atoms with E-state index >= 15 is 0 Å². The molecule has 1 N–H and O–H groups in total. The Morgan fingerprint density at radius 1 is 1.33 bits per heavy atom. The molecule has 1 fully saturated rings. The standard InChI is InChI=1S/C9H16O3/c10-9(11)12-7-6-8-4-2-1-3-5-8/h8H,1-7H2,(H,10,11). The van der Waals surface area contributed by atoms with Crippen LogP contribution in [0.15, 0.2) is 0 Å². The van der Waals surface area contributed by atoms with Crippen LogP contribution in [0.25, 0.3) is 0 Å². The second kappa shape index (κ2) is 5.01. The van der Waals surface area contributed by atoms with Crippen LogP contribution >= 0.6 is 0 Å². The fourth-order valence-corrected chi connectivity index (χ4v) is 1.79. The number of carboxylic acid groups (broad SMARTS) is 1. The predicted molar refractivity (Wildman–Crippen MR) is 45.2 cm³/mol. The summed E-state index contributed by atoms with van der Waals surface area (Å²) in [4.78, 5) is 10.0. The van der Waals surface area contributed by atoms with E-state index in [4.69, 9.17) is 5.11 Å². The molecule has 0 heterocycles. The Kier molecular flexibility index (Phi) is 3.91. The first kappa shape index (κ1) is 9.36. The quantitative estimate of drug-likeness (QED) is 0.665. The van der Waals surface area contributed by atoms with Crippen LogP contribution in [-0.2, 0) is 4.74 Å². The van der Waals surface area contributed by atoms with Gasteiger partial charge >= 0.3 is 6.16 Å². The zero-order valence-corrected chi connectivity index (χ0v) is 7.29. The summed E-state index contributed by atoms with van der Waals surface area (Å²) in [7, 11) is 0. The summed E-state index contributed by atoms with van der Waals surface area (Å²) >= 11 is 0. The van der Waals surface area contributed by atoms with Gasteiger partial charge in [0, 0.05) is 0 Å². The van der Waals surface area contributed by atoms with Crippen LogP contribution in [0.1, 0.15) is 38.5 Å². The van der Waals surface area contributed by atoms with Gasteiger partial charge in [0.05, 0.1) is 6.61 Å². The van der Waals surface area contributed by atoms with Gasteiger partial charge in [0.2, 0.25) is 0 Å². The zero-order valence-electron chi connectivity index (χ0n) is 7.29. The molecule has 70 valence electrons. The molecule has 0 saturated heterocycles. The monoisotopic (exact) mass is 172 g/mol. The molecule has 0 aromatic rings. The average molecular weight is 172 g/mol. The molecule has 0 spiro atoms. The molecule has 12 heavy (non-hydrogen) atoms. The molecule has 3 heteroatoms. The van der Waals surface area contributed by atoms with Crippen molar-refractivity contribution in [2.24, 2.45) is 5.92 Å². The number of carbonyl (C=O) groups is 1. The molecule has 0 atom stereocenters. The maximum Gasteiger partial charge on any atom is 0.505 e. The van der Waals surface area contributed by atoms with E-state index in [1.807, 2.05) is 0 Å². The van der Waals surface area contributed by atoms with E-state index < -0.39 is 6.16 Å². The van der Waals surface area contributed by atoms with E-state index in [1.54, 1.807) is 0 Å². The number of ether oxygens (including phenoxy) is 1. The van der Waals surface area contributed by atoms with Crippen molar-refractivity contribution in [2.45, 2.75) is 38.5 Å². The van der Waals surface area contributed by atoms with Crippen LogP contribution < -0.4 is 0 Å². The average Bonchev–Trinajstić information content (AvgIpc) is 2.05. The van der Waals surface area contributed by atoms with Gasteiger partial charge in [0.1, 0.15) is 0 Å². The van der Waals surface area contributed by atoms with E-state index in [0.29, 0.717) is 12.5 Å². The molecule has 0 aromatic carbocycles. The summed E-state index contributed by atoms with van der Waals surface area (Å²) in [6.07, 6.45) is 6.22. The van der Waals surface area contributed by atoms with Crippen LogP contribution in [-0.4, -0.2) is 17.9 Å². The van der Waals surface area contributed by atoms with Gasteiger partial charge in [-0.05, 0) is 12.3 Å². The Bertz CT molecular complexity index is 139. The van der Waals surface area contributed by atoms with Crippen molar-refractivity contribution in [1.29, 1.82) is 0 Å². The minimum atomic E-state index is -1.15. The summed E-state index contributed by atoms with van der Waals surface area (Å²) in [6.45, 7) is 0.375. The second-order valence-electron chi connectivity index (χ2n) is 3.41. The predicted octanol–water partition coefficient (Wildman–Crippen LogP) is 2.65. The van der Waals surface area contributed by atoms with E-state index in [0.717, 1.165) is 6.42 Å². The fourth-order valence-electron chi connectivity index (χ4n) is 1.79. The normalized spacial score (nSPS) is 19.0. The summed E-state index contributed by atoms with van der Waals surface area (Å²) in [5.74, 6) is 0.707. The smallest absolute Gasteiger partial charge is 0.450 e. The molecule has 0 bridgehead atoms. The second-order valence-corrected chi connectivity index (χ2v) is 3.41. The largest absolute Gasteiger partial charge is 0.505 e. The maximum atomic E-state index is 10.0. The lowest BCUT2D eigenvalue weighted by atomic mass is 9.87. The van der Waals surface area contributed by atoms with Crippen LogP contribution in [0, 0.1) is 5.92 Å². The van der Waals surface area contributed by atoms with Gasteiger partial charge in [0.25, 0.3) is 0 Å². The topological polar surface area (TPSA) is 46.5 Å². The minimum absolute atomic E-state index is 0.375. The van der Waals surface area contributed by atoms with Gasteiger partial charge in [-0.25, -0.2) is 4.79 Å². The number of hydrogen-bond donors (Lipinski definition) is 1. The Morgan fingerprint density at radius 3 is 2.58 bits per heavy atom. The molecule has 3 nitrogen and oxygen atoms in total. The Hall–Kier alpha value is -0.730. The van der Waals surface area contributed by atoms with E-state index in [2.05, 4.69) is 4.74 Å². The molecule has 0 aliphatic heterocycles. The third-order valence-corrected chi connectivity index (χ3v) is 2.48. The SMILES string of the molecule is O=C(O)OCCC1CCCCC1. The van der Waals surface area contributed by atoms with E-state index in [1.165, 1.54) is 32.1 Å². The van der Waals surface area contributed by atoms with Gasteiger partial charge in [-0.3, -0.25) is 0 Å². The molecule has 1 aliphatic carbocycles. The maximum absolute atomic E-state index is 10.0. The molecule has 0 radical (unpaired) electrons. The number of hydrogen-bond acceptors (Lipinski definition) is 2. The van der Waals surface area contributed by atoms with Crippen molar-refractivity contribution in [2.75, 3.05) is 6.61 Å². The molecular formula is C9H16O3. The Labute approximate surface area is 72.7 Å². The summed E-state index contributed by atoms with van der Waals surface area (Å²) < 4.78 is 4.46. The molecule has 1 rings (SSSR count). The van der Waals surface area contributed by atoms with Crippen LogP contribution in [0.5, 0.6) is 0 Å². The van der Waals surface area contributed by atoms with Gasteiger partial charge in [-0.2, -0.15) is 0 Å². The van der Waals surface area contributed by atoms with Crippen LogP contribution in [0.2, 0.25) is 0 Å². The highest BCUT2D eigenvalue weighted by atomic mass is 16.7. The van der Waals surface area contributed by atoms with Crippen molar-refractivity contribution in [3.05, 3.63) is 0 Å². The molecule has 1 saturated carbocycles. The van der Waals surface area contributed by atoms with Gasteiger partial charge in [-0.1, -0.05) is 32.1 Å². The van der Waals surface area contributed by atoms with Crippen LogP contribution in [0.4, 0.5) is 4.79 Å². The van der Waals surface area contributed by atoms with Crippen molar-refractivity contribution < 1.29 is 14.6 Å². The highest BCUT2D eigenvalue weighted by Crippen LogP contribution is 2.25. The summed E-state index contributed by atoms with van der Waals surface area (Å²) in [5, 5.41) is 8.22. The molecule has 0 amide bonds. The first-order valence-corrected chi connectivity index (χ1v) is 4.65. The van der Waals surface area contributed by atoms with E-state index in [-0.39, 0.29) is 0 Å². The first-order chi connectivity index (χ1) is 5.79. The molecule has 0 unspecified atom stereocenters. The lowest BCUT2D eigenvalue weighted by Crippen LogP contribution is -2.11. The molecule has 1 aliphatic rings. The van der Waals surface area contributed by atoms with Crippen molar-refractivity contribution in [3.63, 3.8) is 0 Å². The van der Waals surface area contributed by atoms with Crippen molar-refractivity contribution in [1.82, 2.24) is 0 Å². The lowest BCUT2D eigenvalue weighted by molar-refractivity contribution is 0.0841. The van der Waals surface area contributed by atoms with Crippen molar-refractivity contribution in [3.8, 4) is 0 Å². The first-order valence-electron chi connectivity index (χ1n) is 4.65. The Balaban J connectivity index is 2.01. The van der Waals surface area contributed by atoms with Gasteiger partial charge < -0.3 is 9.84 Å². The van der Waals surface area contributed by atoms with Crippen molar-refractivity contribution >= 4 is 6.16 Å². The van der Waals surface area contributed by atoms with Crippen LogP contribution in [0.3, 0.4) is 0 Å². The number of rotatable bonds is 3. The third-order valence-electron chi connectivity index (χ3n) is 2.48. The highest BCUT2D eigenvalue weighted by Gasteiger charge is 2.13. The summed E-state index contributed by atoms with van der Waals surface area (Å²) in [6, 6.07) is 0. The van der Waals surface area contributed by atoms with Gasteiger partial charge in [-0.15, -0.1) is 0 Å². The highest BCUT2D eigenvalue weighted by molar-refractivity contribution is 5.56. The summed E-state index contributed by atoms with van der Waals surface area (Å²) in [5.41, 5.74) is 0. The minimum Gasteiger partial charge on any atom is -0.450 e. The fraction of sp³-hybridized carbons (Fsp3) is 0.889. The molecular weight excluding hydrogens is 156 g/mol. The van der Waals surface area contributed by atoms with E-state index in [9.17, 15) is 4.79 Å². The lowest BCUT2D eigenvalue weighted by Gasteiger charge is -2.20. The third kappa shape index (κ3) is 3.60.